The first-order chi connectivity index (χ1) is 34.8. The van der Waals surface area contributed by atoms with Gasteiger partial charge in [0.25, 0.3) is 0 Å². The van der Waals surface area contributed by atoms with Crippen LogP contribution in [0.3, 0.4) is 0 Å². The van der Waals surface area contributed by atoms with E-state index < -0.39 is 5.41 Å². The average Bonchev–Trinajstić information content (AvgIpc) is 4.08. The maximum absolute atomic E-state index is 6.79. The van der Waals surface area contributed by atoms with E-state index in [1.165, 1.54) is 72.0 Å². The molecule has 0 N–H and O–H groups in total. The quantitative estimate of drug-likeness (QED) is 0.166. The van der Waals surface area contributed by atoms with Crippen molar-refractivity contribution in [3.8, 4) is 50.2 Å². The van der Waals surface area contributed by atoms with Gasteiger partial charge in [0, 0.05) is 43.9 Å². The Morgan fingerprint density at radius 3 is 1.77 bits per heavy atom. The molecule has 1 unspecified atom stereocenters. The molecule has 1 aliphatic heterocycles. The molecule has 0 bridgehead atoms. The van der Waals surface area contributed by atoms with Gasteiger partial charge in [-0.3, -0.25) is 0 Å². The van der Waals surface area contributed by atoms with Crippen LogP contribution in [0.1, 0.15) is 22.3 Å². The minimum atomic E-state index is -0.611. The van der Waals surface area contributed by atoms with Crippen molar-refractivity contribution in [2.75, 3.05) is 4.90 Å². The highest BCUT2D eigenvalue weighted by Gasteiger charge is 2.51. The number of nitrogens with zero attached hydrogens (tertiary/aromatic N) is 2. The fraction of sp³-hybridized carbons (Fsp3) is 0.0149. The van der Waals surface area contributed by atoms with Crippen molar-refractivity contribution in [2.24, 2.45) is 0 Å². The first-order valence-electron chi connectivity index (χ1n) is 24.2. The van der Waals surface area contributed by atoms with E-state index in [4.69, 9.17) is 4.42 Å². The number of benzene rings is 11. The van der Waals surface area contributed by atoms with Gasteiger partial charge in [0.1, 0.15) is 11.2 Å². The van der Waals surface area contributed by atoms with E-state index in [0.29, 0.717) is 0 Å². The highest BCUT2D eigenvalue weighted by Crippen LogP contribution is 2.62. The largest absolute Gasteiger partial charge is 0.455 e. The number of aromatic nitrogens is 1. The first-order valence-corrected chi connectivity index (χ1v) is 24.2. The minimum Gasteiger partial charge on any atom is -0.455 e. The number of hydrogen-bond acceptors (Lipinski definition) is 2. The number of fused-ring (bicyclic) bond motifs is 15. The van der Waals surface area contributed by atoms with Crippen molar-refractivity contribution in [1.29, 1.82) is 0 Å². The molecule has 2 aliphatic rings. The van der Waals surface area contributed by atoms with Crippen LogP contribution in [-0.4, -0.2) is 4.57 Å². The van der Waals surface area contributed by atoms with Crippen LogP contribution >= 0.6 is 0 Å². The van der Waals surface area contributed by atoms with E-state index in [-0.39, 0.29) is 0 Å². The average molecular weight is 891 g/mol. The fourth-order valence-electron chi connectivity index (χ4n) is 12.3. The molecule has 326 valence electrons. The molecule has 15 rings (SSSR count). The van der Waals surface area contributed by atoms with Crippen molar-refractivity contribution in [1.82, 2.24) is 4.57 Å². The molecule has 3 nitrogen and oxygen atoms in total. The molecule has 2 aromatic heterocycles. The third-order valence-corrected chi connectivity index (χ3v) is 15.2. The van der Waals surface area contributed by atoms with E-state index >= 15 is 0 Å². The van der Waals surface area contributed by atoms with Crippen molar-refractivity contribution in [3.63, 3.8) is 0 Å². The molecule has 70 heavy (non-hydrogen) atoms. The monoisotopic (exact) mass is 890 g/mol. The Hall–Kier alpha value is -9.18. The van der Waals surface area contributed by atoms with Gasteiger partial charge in [0.15, 0.2) is 0 Å². The van der Waals surface area contributed by atoms with Gasteiger partial charge in [0.05, 0.1) is 33.5 Å². The molecule has 0 saturated heterocycles. The topological polar surface area (TPSA) is 21.3 Å². The summed E-state index contributed by atoms with van der Waals surface area (Å²) in [7, 11) is 0. The smallest absolute Gasteiger partial charge is 0.143 e. The first kappa shape index (κ1) is 38.9. The molecular formula is C67H42N2O. The predicted octanol–water partition coefficient (Wildman–Crippen LogP) is 17.8. The van der Waals surface area contributed by atoms with Crippen molar-refractivity contribution >= 4 is 60.8 Å². The molecule has 0 radical (unpaired) electrons. The zero-order valence-electron chi connectivity index (χ0n) is 38.1. The lowest BCUT2D eigenvalue weighted by molar-refractivity contribution is 0.670. The Balaban J connectivity index is 1.02. The Morgan fingerprint density at radius 2 is 0.914 bits per heavy atom. The molecular weight excluding hydrogens is 849 g/mol. The molecule has 0 amide bonds. The minimum absolute atomic E-state index is 0.611. The molecule has 0 fully saturated rings. The number of hydrogen-bond donors (Lipinski definition) is 0. The molecule has 13 aromatic rings. The van der Waals surface area contributed by atoms with Crippen LogP contribution in [0.25, 0.3) is 93.9 Å². The van der Waals surface area contributed by atoms with Crippen molar-refractivity contribution in [3.05, 3.63) is 277 Å². The molecule has 1 spiro atoms. The van der Waals surface area contributed by atoms with Gasteiger partial charge >= 0.3 is 0 Å². The van der Waals surface area contributed by atoms with Crippen molar-refractivity contribution < 1.29 is 4.42 Å². The SMILES string of the molecule is c1ccc(-c2ccc(-c3ccccc3N(c3ccc4c(c3)C3(c5ccccc5-4)c4ccccc4-n4c5ccccc5c5cccc3c54)c3ccccc3-c3cccc4c3oc3ccccc34)cc2)cc1. The second kappa shape index (κ2) is 14.9. The van der Waals surface area contributed by atoms with Gasteiger partial charge in [-0.25, -0.2) is 0 Å². The standard InChI is InChI=1S/C67H42N2O/c1-2-18-43(19-3-1)44-36-38-45(39-37-44)47-20-5-11-31-60(47)68(61-32-12-7-23-51(61)54-26-16-27-55-52-24-8-15-35-64(52)70-66(54)55)46-40-41-49-48-21-4-9-28-56(48)67(59(49)42-46)57-29-10-14-34-63(57)69-62-33-13-6-22-50(62)53-25-17-30-58(67)65(53)69/h1-42H. The normalized spacial score (nSPS) is 14.3. The third kappa shape index (κ3) is 5.34. The summed E-state index contributed by atoms with van der Waals surface area (Å²) in [6.07, 6.45) is 0. The second-order valence-corrected chi connectivity index (χ2v) is 18.7. The third-order valence-electron chi connectivity index (χ3n) is 15.2. The highest BCUT2D eigenvalue weighted by atomic mass is 16.3. The summed E-state index contributed by atoms with van der Waals surface area (Å²) in [5, 5.41) is 4.75. The molecule has 1 atom stereocenters. The van der Waals surface area contributed by atoms with Crippen molar-refractivity contribution in [2.45, 2.75) is 5.41 Å². The van der Waals surface area contributed by atoms with E-state index in [0.717, 1.165) is 61.3 Å². The number of furan rings is 1. The summed E-state index contributed by atoms with van der Waals surface area (Å²) in [5.41, 5.74) is 22.5. The van der Waals surface area contributed by atoms with Crippen LogP contribution in [0.2, 0.25) is 0 Å². The van der Waals surface area contributed by atoms with E-state index in [9.17, 15) is 0 Å². The highest BCUT2D eigenvalue weighted by molar-refractivity contribution is 6.14. The van der Waals surface area contributed by atoms with E-state index in [1.807, 2.05) is 6.07 Å². The Labute approximate surface area is 405 Å². The van der Waals surface area contributed by atoms with Crippen LogP contribution in [0, 0.1) is 0 Å². The lowest BCUT2D eigenvalue weighted by Gasteiger charge is -2.40. The molecule has 3 heteroatoms. The lowest BCUT2D eigenvalue weighted by atomic mass is 9.65. The molecule has 11 aromatic carbocycles. The lowest BCUT2D eigenvalue weighted by Crippen LogP contribution is -2.33. The number of para-hydroxylation sites is 7. The summed E-state index contributed by atoms with van der Waals surface area (Å²) in [6.45, 7) is 0. The van der Waals surface area contributed by atoms with Gasteiger partial charge < -0.3 is 13.9 Å². The van der Waals surface area contributed by atoms with E-state index in [1.54, 1.807) is 0 Å². The van der Waals surface area contributed by atoms with Gasteiger partial charge in [-0.15, -0.1) is 0 Å². The van der Waals surface area contributed by atoms with Gasteiger partial charge in [-0.2, -0.15) is 0 Å². The predicted molar refractivity (Wildman–Crippen MR) is 290 cm³/mol. The Kier molecular flexibility index (Phi) is 8.28. The maximum atomic E-state index is 6.79. The summed E-state index contributed by atoms with van der Waals surface area (Å²) < 4.78 is 9.31. The number of rotatable bonds is 6. The molecule has 0 saturated carbocycles. The zero-order chi connectivity index (χ0) is 45.9. The van der Waals surface area contributed by atoms with Crippen LogP contribution < -0.4 is 4.90 Å². The molecule has 1 aliphatic carbocycles. The van der Waals surface area contributed by atoms with Crippen LogP contribution in [0.5, 0.6) is 0 Å². The van der Waals surface area contributed by atoms with Crippen LogP contribution in [0.15, 0.2) is 259 Å². The Morgan fingerprint density at radius 1 is 0.343 bits per heavy atom. The van der Waals surface area contributed by atoms with E-state index in [2.05, 4.69) is 258 Å². The summed E-state index contributed by atoms with van der Waals surface area (Å²) in [4.78, 5) is 2.50. The second-order valence-electron chi connectivity index (χ2n) is 18.7. The zero-order valence-corrected chi connectivity index (χ0v) is 38.1. The van der Waals surface area contributed by atoms with Gasteiger partial charge in [0.2, 0.25) is 0 Å². The molecule has 3 heterocycles. The van der Waals surface area contributed by atoms with Crippen LogP contribution in [0.4, 0.5) is 17.1 Å². The maximum Gasteiger partial charge on any atom is 0.143 e. The summed E-state index contributed by atoms with van der Waals surface area (Å²) >= 11 is 0. The van der Waals surface area contributed by atoms with Gasteiger partial charge in [-0.1, -0.05) is 212 Å². The Bertz CT molecular complexity index is 4250. The number of anilines is 3. The van der Waals surface area contributed by atoms with Crippen LogP contribution in [-0.2, 0) is 5.41 Å². The summed E-state index contributed by atoms with van der Waals surface area (Å²) in [6, 6.07) is 93.7. The summed E-state index contributed by atoms with van der Waals surface area (Å²) in [5.74, 6) is 0. The van der Waals surface area contributed by atoms with Gasteiger partial charge in [-0.05, 0) is 92.5 Å². The fourth-order valence-corrected chi connectivity index (χ4v) is 12.3.